The summed E-state index contributed by atoms with van der Waals surface area (Å²) in [5.41, 5.74) is 1.47. The third kappa shape index (κ3) is 3.35. The van der Waals surface area contributed by atoms with E-state index in [1.807, 2.05) is 24.3 Å². The Balaban J connectivity index is 1.41. The van der Waals surface area contributed by atoms with Crippen molar-refractivity contribution in [1.82, 2.24) is 15.0 Å². The molecule has 0 bridgehead atoms. The number of nitrogens with zero attached hydrogens (tertiary/aromatic N) is 4. The molecule has 0 atom stereocenters. The Morgan fingerprint density at radius 3 is 2.28 bits per heavy atom. The molecule has 0 amide bonds. The molecule has 0 radical (unpaired) electrons. The van der Waals surface area contributed by atoms with Crippen LogP contribution in [0.15, 0.2) is 28.8 Å². The Bertz CT molecular complexity index is 694. The molecule has 0 unspecified atom stereocenters. The molecule has 1 aromatic heterocycles. The first-order valence-electron chi connectivity index (χ1n) is 9.09. The lowest BCUT2D eigenvalue weighted by atomic mass is 9.71. The van der Waals surface area contributed by atoms with Crippen molar-refractivity contribution >= 4 is 6.01 Å². The first kappa shape index (κ1) is 16.4. The molecular formula is C19H26N4O2. The van der Waals surface area contributed by atoms with Crippen molar-refractivity contribution < 1.29 is 9.26 Å². The zero-order valence-electron chi connectivity index (χ0n) is 15.1. The summed E-state index contributed by atoms with van der Waals surface area (Å²) in [6.45, 7) is 4.46. The molecule has 0 saturated carbocycles. The van der Waals surface area contributed by atoms with Gasteiger partial charge in [0.25, 0.3) is 0 Å². The number of hydrogen-bond acceptors (Lipinski definition) is 6. The minimum absolute atomic E-state index is 0.530. The van der Waals surface area contributed by atoms with Gasteiger partial charge in [0.15, 0.2) is 0 Å². The van der Waals surface area contributed by atoms with Gasteiger partial charge in [-0.05, 0) is 75.5 Å². The molecule has 2 aromatic rings. The monoisotopic (exact) mass is 342 g/mol. The quantitative estimate of drug-likeness (QED) is 0.854. The van der Waals surface area contributed by atoms with Crippen LogP contribution in [0.25, 0.3) is 11.4 Å². The van der Waals surface area contributed by atoms with Gasteiger partial charge < -0.3 is 19.1 Å². The van der Waals surface area contributed by atoms with E-state index in [9.17, 15) is 0 Å². The Hall–Kier alpha value is -2.08. The van der Waals surface area contributed by atoms with Crippen molar-refractivity contribution in [3.8, 4) is 17.1 Å². The lowest BCUT2D eigenvalue weighted by Gasteiger charge is -2.45. The number of likely N-dealkylation sites (tertiary alicyclic amines) is 1. The molecule has 2 fully saturated rings. The van der Waals surface area contributed by atoms with Crippen LogP contribution in [0.2, 0.25) is 0 Å². The Morgan fingerprint density at radius 2 is 1.64 bits per heavy atom. The Kier molecular flexibility index (Phi) is 4.37. The lowest BCUT2D eigenvalue weighted by molar-refractivity contribution is 0.0930. The van der Waals surface area contributed by atoms with Crippen molar-refractivity contribution in [3.63, 3.8) is 0 Å². The molecule has 0 N–H and O–H groups in total. The van der Waals surface area contributed by atoms with Crippen LogP contribution < -0.4 is 9.64 Å². The highest BCUT2D eigenvalue weighted by atomic mass is 16.5. The largest absolute Gasteiger partial charge is 0.497 e. The smallest absolute Gasteiger partial charge is 0.324 e. The van der Waals surface area contributed by atoms with Crippen LogP contribution in [-0.4, -0.2) is 55.4 Å². The maximum atomic E-state index is 5.53. The van der Waals surface area contributed by atoms with Gasteiger partial charge in [-0.25, -0.2) is 0 Å². The standard InChI is InChI=1S/C19H26N4O2/c1-22-11-7-19(8-12-22)9-13-23(14-10-19)18-20-17(21-25-18)15-3-5-16(24-2)6-4-15/h3-6H,7-14H2,1-2H3. The molecule has 1 spiro atoms. The SMILES string of the molecule is COc1ccc(-c2noc(N3CCC4(CCN(C)CC4)CC3)n2)cc1. The van der Waals surface area contributed by atoms with Crippen LogP contribution in [0.3, 0.4) is 0 Å². The van der Waals surface area contributed by atoms with E-state index < -0.39 is 0 Å². The number of rotatable bonds is 3. The van der Waals surface area contributed by atoms with E-state index in [-0.39, 0.29) is 0 Å². The van der Waals surface area contributed by atoms with E-state index in [2.05, 4.69) is 27.0 Å². The maximum absolute atomic E-state index is 5.53. The predicted molar refractivity (Wildman–Crippen MR) is 96.9 cm³/mol. The first-order valence-corrected chi connectivity index (χ1v) is 9.09. The zero-order valence-corrected chi connectivity index (χ0v) is 15.1. The molecule has 1 aromatic carbocycles. The van der Waals surface area contributed by atoms with Gasteiger partial charge in [0.05, 0.1) is 7.11 Å². The molecular weight excluding hydrogens is 316 g/mol. The van der Waals surface area contributed by atoms with E-state index in [4.69, 9.17) is 9.26 Å². The van der Waals surface area contributed by atoms with Gasteiger partial charge in [0.1, 0.15) is 5.75 Å². The van der Waals surface area contributed by atoms with E-state index >= 15 is 0 Å². The summed E-state index contributed by atoms with van der Waals surface area (Å²) in [4.78, 5) is 9.29. The molecule has 2 aliphatic heterocycles. The van der Waals surface area contributed by atoms with Crippen molar-refractivity contribution in [2.45, 2.75) is 25.7 Å². The minimum atomic E-state index is 0.530. The molecule has 6 nitrogen and oxygen atoms in total. The van der Waals surface area contributed by atoms with E-state index in [0.29, 0.717) is 17.3 Å². The average Bonchev–Trinajstić information content (AvgIpc) is 3.15. The Labute approximate surface area is 148 Å². The Morgan fingerprint density at radius 1 is 1.00 bits per heavy atom. The molecule has 2 saturated heterocycles. The zero-order chi connectivity index (χ0) is 17.3. The number of benzene rings is 1. The van der Waals surface area contributed by atoms with Crippen molar-refractivity contribution in [1.29, 1.82) is 0 Å². The second-order valence-corrected chi connectivity index (χ2v) is 7.42. The fraction of sp³-hybridized carbons (Fsp3) is 0.579. The summed E-state index contributed by atoms with van der Waals surface area (Å²) in [6, 6.07) is 8.38. The van der Waals surface area contributed by atoms with Crippen LogP contribution in [0.5, 0.6) is 5.75 Å². The van der Waals surface area contributed by atoms with Gasteiger partial charge in [-0.1, -0.05) is 5.16 Å². The molecule has 6 heteroatoms. The summed E-state index contributed by atoms with van der Waals surface area (Å²) in [5.74, 6) is 1.46. The topological polar surface area (TPSA) is 54.6 Å². The van der Waals surface area contributed by atoms with Crippen LogP contribution in [0, 0.1) is 5.41 Å². The number of aromatic nitrogens is 2. The fourth-order valence-electron chi connectivity index (χ4n) is 3.97. The van der Waals surface area contributed by atoms with Crippen molar-refractivity contribution in [2.24, 2.45) is 5.41 Å². The van der Waals surface area contributed by atoms with Crippen molar-refractivity contribution in [2.75, 3.05) is 45.2 Å². The summed E-state index contributed by atoms with van der Waals surface area (Å²) in [5, 5.41) is 4.16. The highest BCUT2D eigenvalue weighted by Gasteiger charge is 2.37. The molecule has 4 rings (SSSR count). The molecule has 0 aliphatic carbocycles. The second kappa shape index (κ2) is 6.67. The van der Waals surface area contributed by atoms with E-state index in [1.165, 1.54) is 38.8 Å². The van der Waals surface area contributed by atoms with Gasteiger partial charge in [-0.15, -0.1) is 0 Å². The molecule has 134 valence electrons. The third-order valence-electron chi connectivity index (χ3n) is 5.91. The predicted octanol–water partition coefficient (Wildman–Crippen LogP) is 3.06. The maximum Gasteiger partial charge on any atom is 0.324 e. The number of anilines is 1. The number of ether oxygens (including phenoxy) is 1. The van der Waals surface area contributed by atoms with E-state index in [1.54, 1.807) is 7.11 Å². The van der Waals surface area contributed by atoms with Gasteiger partial charge in [-0.3, -0.25) is 0 Å². The highest BCUT2D eigenvalue weighted by molar-refractivity contribution is 5.56. The van der Waals surface area contributed by atoms with Crippen LogP contribution >= 0.6 is 0 Å². The van der Waals surface area contributed by atoms with Crippen molar-refractivity contribution in [3.05, 3.63) is 24.3 Å². The average molecular weight is 342 g/mol. The van der Waals surface area contributed by atoms with Gasteiger partial charge in [-0.2, -0.15) is 4.98 Å². The molecule has 3 heterocycles. The summed E-state index contributed by atoms with van der Waals surface area (Å²) < 4.78 is 10.7. The fourth-order valence-corrected chi connectivity index (χ4v) is 3.97. The first-order chi connectivity index (χ1) is 12.2. The number of hydrogen-bond donors (Lipinski definition) is 0. The lowest BCUT2D eigenvalue weighted by Crippen LogP contribution is -2.46. The van der Waals surface area contributed by atoms with Gasteiger partial charge in [0, 0.05) is 18.7 Å². The van der Waals surface area contributed by atoms with Crippen LogP contribution in [0.1, 0.15) is 25.7 Å². The normalized spacial score (nSPS) is 20.8. The van der Waals surface area contributed by atoms with Crippen LogP contribution in [0.4, 0.5) is 6.01 Å². The third-order valence-corrected chi connectivity index (χ3v) is 5.91. The summed E-state index contributed by atoms with van der Waals surface area (Å²) in [6.07, 6.45) is 5.08. The summed E-state index contributed by atoms with van der Waals surface area (Å²) in [7, 11) is 3.88. The van der Waals surface area contributed by atoms with Crippen LogP contribution in [-0.2, 0) is 0 Å². The second-order valence-electron chi connectivity index (χ2n) is 7.42. The van der Waals surface area contributed by atoms with E-state index in [0.717, 1.165) is 24.4 Å². The minimum Gasteiger partial charge on any atom is -0.497 e. The van der Waals surface area contributed by atoms with Gasteiger partial charge >= 0.3 is 6.01 Å². The molecule has 25 heavy (non-hydrogen) atoms. The highest BCUT2D eigenvalue weighted by Crippen LogP contribution is 2.41. The molecule has 2 aliphatic rings. The summed E-state index contributed by atoms with van der Waals surface area (Å²) >= 11 is 0. The number of piperidine rings is 2. The number of methoxy groups -OCH3 is 1. The van der Waals surface area contributed by atoms with Gasteiger partial charge in [0.2, 0.25) is 5.82 Å².